The van der Waals surface area contributed by atoms with Crippen LogP contribution in [-0.4, -0.2) is 54.4 Å². The molecule has 1 saturated heterocycles. The van der Waals surface area contributed by atoms with Crippen LogP contribution in [0.25, 0.3) is 0 Å². The first-order valence-corrected chi connectivity index (χ1v) is 11.5. The van der Waals surface area contributed by atoms with Gasteiger partial charge in [0.25, 0.3) is 5.91 Å². The molecule has 2 atom stereocenters. The summed E-state index contributed by atoms with van der Waals surface area (Å²) in [6.07, 6.45) is -1.04. The highest BCUT2D eigenvalue weighted by Crippen LogP contribution is 2.37. The van der Waals surface area contributed by atoms with Gasteiger partial charge in [-0.05, 0) is 54.2 Å². The van der Waals surface area contributed by atoms with E-state index < -0.39 is 23.6 Å². The number of hydrogen-bond acceptors (Lipinski definition) is 6. The summed E-state index contributed by atoms with van der Waals surface area (Å²) in [6.45, 7) is 10.7. The van der Waals surface area contributed by atoms with Gasteiger partial charge in [0.15, 0.2) is 11.5 Å². The molecule has 8 nitrogen and oxygen atoms in total. The molecule has 0 radical (unpaired) electrons. The van der Waals surface area contributed by atoms with Crippen molar-refractivity contribution in [3.63, 3.8) is 0 Å². The lowest BCUT2D eigenvalue weighted by Crippen LogP contribution is -2.42. The van der Waals surface area contributed by atoms with Gasteiger partial charge in [0.1, 0.15) is 37.2 Å². The Hall–Kier alpha value is -3.26. The number of hydrogen-bond donors (Lipinski definition) is 2. The highest BCUT2D eigenvalue weighted by molar-refractivity contribution is 6.07. The van der Waals surface area contributed by atoms with E-state index in [4.69, 9.17) is 14.2 Å². The molecule has 4 rings (SSSR count). The van der Waals surface area contributed by atoms with Gasteiger partial charge < -0.3 is 24.6 Å². The van der Waals surface area contributed by atoms with E-state index in [0.717, 1.165) is 10.5 Å². The van der Waals surface area contributed by atoms with Crippen molar-refractivity contribution in [2.24, 2.45) is 0 Å². The fraction of sp³-hybridized carbons (Fsp3) is 0.462. The van der Waals surface area contributed by atoms with Crippen molar-refractivity contribution in [1.29, 1.82) is 0 Å². The molecule has 0 bridgehead atoms. The molecule has 0 aliphatic carbocycles. The highest BCUT2D eigenvalue weighted by Gasteiger charge is 2.49. The van der Waals surface area contributed by atoms with Gasteiger partial charge in [-0.25, -0.2) is 4.79 Å². The lowest BCUT2D eigenvalue weighted by atomic mass is 9.86. The molecule has 2 N–H and O–H groups in total. The van der Waals surface area contributed by atoms with Gasteiger partial charge in [-0.15, -0.1) is 0 Å². The van der Waals surface area contributed by atoms with E-state index in [-0.39, 0.29) is 18.6 Å². The third kappa shape index (κ3) is 4.55. The van der Waals surface area contributed by atoms with Gasteiger partial charge in [-0.3, -0.25) is 9.69 Å². The Morgan fingerprint density at radius 2 is 1.82 bits per heavy atom. The van der Waals surface area contributed by atoms with E-state index in [0.29, 0.717) is 36.0 Å². The van der Waals surface area contributed by atoms with Crippen molar-refractivity contribution in [1.82, 2.24) is 10.2 Å². The zero-order valence-electron chi connectivity index (χ0n) is 20.3. The number of carbonyl (C=O) groups excluding carboxylic acids is 2. The van der Waals surface area contributed by atoms with Crippen molar-refractivity contribution in [3.05, 3.63) is 53.1 Å². The van der Waals surface area contributed by atoms with E-state index >= 15 is 0 Å². The quantitative estimate of drug-likeness (QED) is 0.632. The SMILES string of the molecule is Cc1cc(C(C)(C)C)ccc1OC[C@@H](O)CN1C(=O)N[C@@](C)(c2ccc3c(c2)OCCO3)C1=O. The summed E-state index contributed by atoms with van der Waals surface area (Å²) in [7, 11) is 0. The fourth-order valence-corrected chi connectivity index (χ4v) is 4.14. The molecule has 2 heterocycles. The molecular weight excluding hydrogens is 436 g/mol. The maximum absolute atomic E-state index is 13.2. The summed E-state index contributed by atoms with van der Waals surface area (Å²) >= 11 is 0. The number of rotatable bonds is 6. The van der Waals surface area contributed by atoms with Crippen LogP contribution in [0.5, 0.6) is 17.2 Å². The molecule has 2 aliphatic rings. The average molecular weight is 469 g/mol. The number of fused-ring (bicyclic) bond motifs is 1. The molecule has 34 heavy (non-hydrogen) atoms. The van der Waals surface area contributed by atoms with E-state index in [1.54, 1.807) is 25.1 Å². The van der Waals surface area contributed by atoms with Gasteiger partial charge in [-0.2, -0.15) is 0 Å². The first-order chi connectivity index (χ1) is 16.0. The second-order valence-corrected chi connectivity index (χ2v) is 10.0. The number of nitrogens with one attached hydrogen (secondary N) is 1. The van der Waals surface area contributed by atoms with E-state index in [2.05, 4.69) is 32.2 Å². The van der Waals surface area contributed by atoms with Crippen LogP contribution >= 0.6 is 0 Å². The van der Waals surface area contributed by atoms with Crippen LogP contribution in [0.1, 0.15) is 44.4 Å². The number of aliphatic hydroxyl groups is 1. The molecule has 8 heteroatoms. The van der Waals surface area contributed by atoms with Crippen LogP contribution in [0.3, 0.4) is 0 Å². The number of imide groups is 1. The van der Waals surface area contributed by atoms with Crippen molar-refractivity contribution in [3.8, 4) is 17.2 Å². The van der Waals surface area contributed by atoms with Crippen molar-refractivity contribution < 1.29 is 28.9 Å². The highest BCUT2D eigenvalue weighted by atomic mass is 16.6. The normalized spacial score (nSPS) is 20.8. The standard InChI is InChI=1S/C26H32N2O6/c1-16-12-17(25(2,3)4)6-8-20(16)34-15-19(29)14-28-23(30)26(5,27-24(28)31)18-7-9-21-22(13-18)33-11-10-32-21/h6-9,12-13,19,29H,10-11,14-15H2,1-5H3,(H,27,31)/t19-,26-/m0/s1. The minimum Gasteiger partial charge on any atom is -0.491 e. The topological polar surface area (TPSA) is 97.3 Å². The van der Waals surface area contributed by atoms with Crippen LogP contribution in [0.2, 0.25) is 0 Å². The predicted molar refractivity (Wildman–Crippen MR) is 126 cm³/mol. The number of carbonyl (C=O) groups is 2. The van der Waals surface area contributed by atoms with Gasteiger partial charge in [0, 0.05) is 0 Å². The smallest absolute Gasteiger partial charge is 0.325 e. The Labute approximate surface area is 199 Å². The third-order valence-electron chi connectivity index (χ3n) is 6.26. The van der Waals surface area contributed by atoms with E-state index in [1.807, 2.05) is 19.1 Å². The number of urea groups is 1. The Morgan fingerprint density at radius 3 is 2.50 bits per heavy atom. The van der Waals surface area contributed by atoms with Crippen molar-refractivity contribution >= 4 is 11.9 Å². The number of amides is 3. The summed E-state index contributed by atoms with van der Waals surface area (Å²) in [5.41, 5.74) is 1.48. The predicted octanol–water partition coefficient (Wildman–Crippen LogP) is 3.27. The molecule has 3 amide bonds. The zero-order valence-corrected chi connectivity index (χ0v) is 20.3. The van der Waals surface area contributed by atoms with Crippen LogP contribution in [0.4, 0.5) is 4.79 Å². The monoisotopic (exact) mass is 468 g/mol. The van der Waals surface area contributed by atoms with Gasteiger partial charge >= 0.3 is 6.03 Å². The molecule has 0 spiro atoms. The van der Waals surface area contributed by atoms with Crippen LogP contribution in [0.15, 0.2) is 36.4 Å². The molecule has 182 valence electrons. The Morgan fingerprint density at radius 1 is 1.12 bits per heavy atom. The van der Waals surface area contributed by atoms with Gasteiger partial charge in [0.2, 0.25) is 0 Å². The van der Waals surface area contributed by atoms with Gasteiger partial charge in [-0.1, -0.05) is 39.0 Å². The van der Waals surface area contributed by atoms with Crippen LogP contribution in [0, 0.1) is 6.92 Å². The van der Waals surface area contributed by atoms with Crippen molar-refractivity contribution in [2.75, 3.05) is 26.4 Å². The summed E-state index contributed by atoms with van der Waals surface area (Å²) < 4.78 is 16.9. The first-order valence-electron chi connectivity index (χ1n) is 11.5. The second kappa shape index (κ2) is 8.83. The molecule has 0 saturated carbocycles. The largest absolute Gasteiger partial charge is 0.491 e. The fourth-order valence-electron chi connectivity index (χ4n) is 4.14. The van der Waals surface area contributed by atoms with E-state index in [1.165, 1.54) is 5.56 Å². The first kappa shape index (κ1) is 23.9. The molecular formula is C26H32N2O6. The van der Waals surface area contributed by atoms with Crippen LogP contribution < -0.4 is 19.5 Å². The number of aliphatic hydroxyl groups excluding tert-OH is 1. The Bertz CT molecular complexity index is 1110. The number of β-amino-alcohol motifs (C(OH)–C–C–N with tert-alkyl or cyclic N) is 1. The van der Waals surface area contributed by atoms with E-state index in [9.17, 15) is 14.7 Å². The Kier molecular flexibility index (Phi) is 6.20. The zero-order chi connectivity index (χ0) is 24.7. The number of ether oxygens (including phenoxy) is 3. The maximum atomic E-state index is 13.2. The third-order valence-corrected chi connectivity index (χ3v) is 6.26. The Balaban J connectivity index is 1.41. The molecule has 0 unspecified atom stereocenters. The number of aryl methyl sites for hydroxylation is 1. The number of benzene rings is 2. The summed E-state index contributed by atoms with van der Waals surface area (Å²) in [4.78, 5) is 26.9. The molecule has 2 aromatic rings. The lowest BCUT2D eigenvalue weighted by Gasteiger charge is -2.25. The summed E-state index contributed by atoms with van der Waals surface area (Å²) in [6, 6.07) is 10.6. The molecule has 0 aromatic heterocycles. The number of nitrogens with zero attached hydrogens (tertiary/aromatic N) is 1. The average Bonchev–Trinajstić information content (AvgIpc) is 3.01. The molecule has 2 aromatic carbocycles. The molecule has 1 fully saturated rings. The van der Waals surface area contributed by atoms with Crippen molar-refractivity contribution in [2.45, 2.75) is 51.7 Å². The second-order valence-electron chi connectivity index (χ2n) is 10.0. The van der Waals surface area contributed by atoms with Crippen LogP contribution in [-0.2, 0) is 15.7 Å². The minimum atomic E-state index is -1.27. The van der Waals surface area contributed by atoms with Gasteiger partial charge in [0.05, 0.1) is 6.54 Å². The lowest BCUT2D eigenvalue weighted by molar-refractivity contribution is -0.132. The summed E-state index contributed by atoms with van der Waals surface area (Å²) in [5, 5.41) is 13.3. The summed E-state index contributed by atoms with van der Waals surface area (Å²) in [5.74, 6) is 1.35. The maximum Gasteiger partial charge on any atom is 0.325 e. The minimum absolute atomic E-state index is 0.0239. The molecule has 2 aliphatic heterocycles.